The Balaban J connectivity index is 3.00. The number of rotatable bonds is 7. The standard InChI is InChI=1S/C9H21NO2/c1-8(2)7-11-4-5-12-9(3)6-10/h8-9H,4-7,10H2,1-3H3. The van der Waals surface area contributed by atoms with Crippen molar-refractivity contribution in [3.8, 4) is 0 Å². The van der Waals surface area contributed by atoms with Crippen LogP contribution in [-0.2, 0) is 9.47 Å². The quantitative estimate of drug-likeness (QED) is 0.588. The zero-order chi connectivity index (χ0) is 9.40. The van der Waals surface area contributed by atoms with E-state index in [1.807, 2.05) is 6.92 Å². The predicted molar refractivity (Wildman–Crippen MR) is 50.1 cm³/mol. The molecule has 0 aromatic carbocycles. The summed E-state index contributed by atoms with van der Waals surface area (Å²) in [6, 6.07) is 0. The molecule has 3 nitrogen and oxygen atoms in total. The second-order valence-electron chi connectivity index (χ2n) is 3.39. The van der Waals surface area contributed by atoms with Crippen LogP contribution >= 0.6 is 0 Å². The van der Waals surface area contributed by atoms with Crippen molar-refractivity contribution in [1.82, 2.24) is 0 Å². The zero-order valence-corrected chi connectivity index (χ0v) is 8.38. The van der Waals surface area contributed by atoms with Gasteiger partial charge < -0.3 is 15.2 Å². The van der Waals surface area contributed by atoms with Crippen molar-refractivity contribution in [3.63, 3.8) is 0 Å². The highest BCUT2D eigenvalue weighted by Gasteiger charge is 1.98. The molecule has 0 aliphatic rings. The molecule has 0 aromatic heterocycles. The van der Waals surface area contributed by atoms with Gasteiger partial charge >= 0.3 is 0 Å². The molecule has 0 spiro atoms. The SMILES string of the molecule is CC(C)COCCOC(C)CN. The fourth-order valence-corrected chi connectivity index (χ4v) is 0.695. The highest BCUT2D eigenvalue weighted by Crippen LogP contribution is 1.93. The van der Waals surface area contributed by atoms with E-state index < -0.39 is 0 Å². The maximum Gasteiger partial charge on any atom is 0.0704 e. The van der Waals surface area contributed by atoms with Crippen molar-refractivity contribution in [2.75, 3.05) is 26.4 Å². The molecule has 12 heavy (non-hydrogen) atoms. The van der Waals surface area contributed by atoms with Gasteiger partial charge in [-0.3, -0.25) is 0 Å². The Morgan fingerprint density at radius 1 is 1.17 bits per heavy atom. The molecule has 3 heteroatoms. The average Bonchev–Trinajstić information content (AvgIpc) is 2.03. The molecule has 0 radical (unpaired) electrons. The molecule has 0 heterocycles. The molecule has 0 saturated carbocycles. The van der Waals surface area contributed by atoms with Crippen molar-refractivity contribution in [3.05, 3.63) is 0 Å². The number of hydrogen-bond acceptors (Lipinski definition) is 3. The number of ether oxygens (including phenoxy) is 2. The van der Waals surface area contributed by atoms with Crippen LogP contribution in [-0.4, -0.2) is 32.5 Å². The van der Waals surface area contributed by atoms with E-state index in [1.165, 1.54) is 0 Å². The highest BCUT2D eigenvalue weighted by atomic mass is 16.5. The highest BCUT2D eigenvalue weighted by molar-refractivity contribution is 4.48. The molecule has 0 aliphatic heterocycles. The maximum atomic E-state index is 5.37. The maximum absolute atomic E-state index is 5.37. The van der Waals surface area contributed by atoms with Crippen LogP contribution in [0.2, 0.25) is 0 Å². The molecule has 1 unspecified atom stereocenters. The van der Waals surface area contributed by atoms with Gasteiger partial charge in [-0.05, 0) is 12.8 Å². The van der Waals surface area contributed by atoms with Gasteiger partial charge in [0.2, 0.25) is 0 Å². The molecule has 0 saturated heterocycles. The van der Waals surface area contributed by atoms with E-state index in [9.17, 15) is 0 Å². The van der Waals surface area contributed by atoms with E-state index in [-0.39, 0.29) is 6.10 Å². The van der Waals surface area contributed by atoms with Gasteiger partial charge in [0.1, 0.15) is 0 Å². The third-order valence-electron chi connectivity index (χ3n) is 1.41. The van der Waals surface area contributed by atoms with Gasteiger partial charge in [0.15, 0.2) is 0 Å². The lowest BCUT2D eigenvalue weighted by atomic mass is 10.2. The van der Waals surface area contributed by atoms with Crippen molar-refractivity contribution in [1.29, 1.82) is 0 Å². The second kappa shape index (κ2) is 7.53. The lowest BCUT2D eigenvalue weighted by Gasteiger charge is -2.11. The van der Waals surface area contributed by atoms with Crippen LogP contribution in [0, 0.1) is 5.92 Å². The fourth-order valence-electron chi connectivity index (χ4n) is 0.695. The summed E-state index contributed by atoms with van der Waals surface area (Å²) in [5, 5.41) is 0. The summed E-state index contributed by atoms with van der Waals surface area (Å²) in [5.74, 6) is 0.594. The fraction of sp³-hybridized carbons (Fsp3) is 1.00. The second-order valence-corrected chi connectivity index (χ2v) is 3.39. The minimum Gasteiger partial charge on any atom is -0.379 e. The summed E-state index contributed by atoms with van der Waals surface area (Å²) < 4.78 is 10.6. The zero-order valence-electron chi connectivity index (χ0n) is 8.38. The van der Waals surface area contributed by atoms with Gasteiger partial charge in [0.05, 0.1) is 19.3 Å². The summed E-state index contributed by atoms with van der Waals surface area (Å²) >= 11 is 0. The first-order valence-electron chi connectivity index (χ1n) is 4.56. The molecular weight excluding hydrogens is 154 g/mol. The molecule has 74 valence electrons. The van der Waals surface area contributed by atoms with Crippen molar-refractivity contribution >= 4 is 0 Å². The van der Waals surface area contributed by atoms with E-state index >= 15 is 0 Å². The molecule has 0 aromatic rings. The summed E-state index contributed by atoms with van der Waals surface area (Å²) in [5.41, 5.74) is 5.37. The first kappa shape index (κ1) is 11.9. The first-order valence-corrected chi connectivity index (χ1v) is 4.56. The normalized spacial score (nSPS) is 13.8. The Bertz CT molecular complexity index is 96.5. The van der Waals surface area contributed by atoms with Gasteiger partial charge in [0, 0.05) is 13.2 Å². The third kappa shape index (κ3) is 7.98. The van der Waals surface area contributed by atoms with Crippen LogP contribution in [0.25, 0.3) is 0 Å². The predicted octanol–water partition coefficient (Wildman–Crippen LogP) is 1.02. The monoisotopic (exact) mass is 175 g/mol. The van der Waals surface area contributed by atoms with Crippen LogP contribution in [0.5, 0.6) is 0 Å². The Morgan fingerprint density at radius 3 is 2.33 bits per heavy atom. The number of hydrogen-bond donors (Lipinski definition) is 1. The Hall–Kier alpha value is -0.120. The average molecular weight is 175 g/mol. The van der Waals surface area contributed by atoms with Crippen LogP contribution in [0.3, 0.4) is 0 Å². The minimum absolute atomic E-state index is 0.146. The summed E-state index contributed by atoms with van der Waals surface area (Å²) in [6.45, 7) is 8.91. The van der Waals surface area contributed by atoms with Crippen molar-refractivity contribution < 1.29 is 9.47 Å². The molecule has 0 rings (SSSR count). The van der Waals surface area contributed by atoms with Crippen LogP contribution in [0.1, 0.15) is 20.8 Å². The number of nitrogens with two attached hydrogens (primary N) is 1. The van der Waals surface area contributed by atoms with Gasteiger partial charge in [-0.2, -0.15) is 0 Å². The molecule has 0 bridgehead atoms. The summed E-state index contributed by atoms with van der Waals surface area (Å²) in [6.07, 6.45) is 0.146. The largest absolute Gasteiger partial charge is 0.379 e. The van der Waals surface area contributed by atoms with Crippen LogP contribution in [0.15, 0.2) is 0 Å². The van der Waals surface area contributed by atoms with E-state index in [0.29, 0.717) is 25.7 Å². The van der Waals surface area contributed by atoms with E-state index in [4.69, 9.17) is 15.2 Å². The van der Waals surface area contributed by atoms with Crippen molar-refractivity contribution in [2.24, 2.45) is 11.7 Å². The van der Waals surface area contributed by atoms with E-state index in [0.717, 1.165) is 6.61 Å². The molecule has 0 aliphatic carbocycles. The van der Waals surface area contributed by atoms with Gasteiger partial charge in [-0.1, -0.05) is 13.8 Å². The Morgan fingerprint density at radius 2 is 1.83 bits per heavy atom. The minimum atomic E-state index is 0.146. The van der Waals surface area contributed by atoms with Crippen LogP contribution < -0.4 is 5.73 Å². The molecule has 2 N–H and O–H groups in total. The van der Waals surface area contributed by atoms with Gasteiger partial charge in [-0.25, -0.2) is 0 Å². The van der Waals surface area contributed by atoms with Crippen molar-refractivity contribution in [2.45, 2.75) is 26.9 Å². The summed E-state index contributed by atoms with van der Waals surface area (Å²) in [4.78, 5) is 0. The molecule has 1 atom stereocenters. The lowest BCUT2D eigenvalue weighted by Crippen LogP contribution is -2.22. The van der Waals surface area contributed by atoms with Gasteiger partial charge in [-0.15, -0.1) is 0 Å². The van der Waals surface area contributed by atoms with E-state index in [2.05, 4.69) is 13.8 Å². The summed E-state index contributed by atoms with van der Waals surface area (Å²) in [7, 11) is 0. The Kier molecular flexibility index (Phi) is 7.45. The smallest absolute Gasteiger partial charge is 0.0704 e. The first-order chi connectivity index (χ1) is 5.66. The Labute approximate surface area is 75.2 Å². The van der Waals surface area contributed by atoms with Gasteiger partial charge in [0.25, 0.3) is 0 Å². The third-order valence-corrected chi connectivity index (χ3v) is 1.41. The molecule has 0 amide bonds. The topological polar surface area (TPSA) is 44.5 Å². The molecular formula is C9H21NO2. The molecule has 0 fully saturated rings. The van der Waals surface area contributed by atoms with Crippen LogP contribution in [0.4, 0.5) is 0 Å². The lowest BCUT2D eigenvalue weighted by molar-refractivity contribution is 0.00953. The van der Waals surface area contributed by atoms with E-state index in [1.54, 1.807) is 0 Å².